The van der Waals surface area contributed by atoms with E-state index in [4.69, 9.17) is 4.74 Å². The number of fused-ring (bicyclic) bond motifs is 2. The van der Waals surface area contributed by atoms with Gasteiger partial charge in [-0.25, -0.2) is 0 Å². The lowest BCUT2D eigenvalue weighted by molar-refractivity contribution is 0.425. The summed E-state index contributed by atoms with van der Waals surface area (Å²) in [5, 5.41) is 0. The summed E-state index contributed by atoms with van der Waals surface area (Å²) in [7, 11) is 0. The van der Waals surface area contributed by atoms with Crippen molar-refractivity contribution in [3.05, 3.63) is 77.4 Å². The molecule has 1 heterocycles. The number of ether oxygens (including phenoxy) is 1. The van der Waals surface area contributed by atoms with Crippen molar-refractivity contribution in [1.29, 1.82) is 0 Å². The second kappa shape index (κ2) is 10.7. The molecule has 0 radical (unpaired) electrons. The molecule has 0 aliphatic carbocycles. The molecule has 0 fully saturated rings. The molecule has 0 bridgehead atoms. The highest BCUT2D eigenvalue weighted by molar-refractivity contribution is 5.86. The van der Waals surface area contributed by atoms with Gasteiger partial charge in [0.2, 0.25) is 0 Å². The number of nitrogens with zero attached hydrogens (tertiary/aromatic N) is 1. The molecule has 0 saturated heterocycles. The smallest absolute Gasteiger partial charge is 0.151 e. The molecule has 3 aromatic rings. The van der Waals surface area contributed by atoms with Crippen molar-refractivity contribution in [2.24, 2.45) is 0 Å². The Balaban J connectivity index is 1.84. The second-order valence-electron chi connectivity index (χ2n) is 11.1. The van der Waals surface area contributed by atoms with Crippen molar-refractivity contribution in [3.8, 4) is 11.5 Å². The summed E-state index contributed by atoms with van der Waals surface area (Å²) in [6.45, 7) is 16.1. The fourth-order valence-electron chi connectivity index (χ4n) is 5.35. The molecule has 4 rings (SSSR count). The number of aryl methyl sites for hydroxylation is 1. The zero-order chi connectivity index (χ0) is 25.9. The van der Waals surface area contributed by atoms with Crippen LogP contribution in [0.1, 0.15) is 104 Å². The monoisotopic (exact) mass is 483 g/mol. The van der Waals surface area contributed by atoms with Gasteiger partial charge in [-0.1, -0.05) is 79.2 Å². The number of hydrogen-bond acceptors (Lipinski definition) is 2. The van der Waals surface area contributed by atoms with E-state index in [1.54, 1.807) is 0 Å². The maximum atomic E-state index is 6.71. The Morgan fingerprint density at radius 3 is 1.53 bits per heavy atom. The van der Waals surface area contributed by atoms with Crippen LogP contribution in [0.5, 0.6) is 11.5 Å². The zero-order valence-corrected chi connectivity index (χ0v) is 23.6. The van der Waals surface area contributed by atoms with Crippen molar-refractivity contribution in [1.82, 2.24) is 0 Å². The zero-order valence-electron chi connectivity index (χ0n) is 23.6. The Labute approximate surface area is 219 Å². The van der Waals surface area contributed by atoms with E-state index in [9.17, 15) is 0 Å². The molecular formula is C34H45NO. The van der Waals surface area contributed by atoms with Crippen LogP contribution in [0.2, 0.25) is 0 Å². The highest BCUT2D eigenvalue weighted by Gasteiger charge is 2.31. The lowest BCUT2D eigenvalue weighted by Crippen LogP contribution is -2.22. The number of hydrogen-bond donors (Lipinski definition) is 0. The van der Waals surface area contributed by atoms with Crippen LogP contribution in [-0.2, 0) is 17.3 Å². The first-order chi connectivity index (χ1) is 17.3. The van der Waals surface area contributed by atoms with Crippen LogP contribution in [0.4, 0.5) is 17.1 Å². The van der Waals surface area contributed by atoms with Gasteiger partial charge in [0, 0.05) is 5.69 Å². The van der Waals surface area contributed by atoms with Crippen LogP contribution in [-0.4, -0.2) is 0 Å². The SMILES string of the molecule is CCCCc1ccc(N2c3ccc(C(C)(CC)CC)cc3Oc3cc(C(C)(CC)CC)ccc32)cc1. The van der Waals surface area contributed by atoms with Gasteiger partial charge < -0.3 is 9.64 Å². The van der Waals surface area contributed by atoms with Gasteiger partial charge in [-0.3, -0.25) is 0 Å². The van der Waals surface area contributed by atoms with E-state index in [0.717, 1.165) is 55.0 Å². The minimum Gasteiger partial charge on any atom is -0.453 e. The van der Waals surface area contributed by atoms with Crippen LogP contribution in [0.3, 0.4) is 0 Å². The van der Waals surface area contributed by atoms with E-state index in [-0.39, 0.29) is 10.8 Å². The molecule has 0 saturated carbocycles. The van der Waals surface area contributed by atoms with E-state index in [2.05, 4.69) is 114 Å². The standard InChI is InChI=1S/C34H45NO/c1-8-13-14-25-15-19-28(20-16-25)35-29-21-17-26(33(6,9-2)10-3)23-31(29)36-32-24-27(18-22-30(32)35)34(7,11-4)12-5/h15-24H,8-14H2,1-7H3. The first-order valence-corrected chi connectivity index (χ1v) is 14.2. The Bertz CT molecular complexity index is 1100. The molecule has 0 aromatic heterocycles. The Hall–Kier alpha value is -2.74. The Morgan fingerprint density at radius 1 is 0.639 bits per heavy atom. The topological polar surface area (TPSA) is 12.5 Å². The van der Waals surface area contributed by atoms with E-state index in [1.807, 2.05) is 0 Å². The molecule has 1 aliphatic heterocycles. The minimum absolute atomic E-state index is 0.148. The average molecular weight is 484 g/mol. The lowest BCUT2D eigenvalue weighted by Gasteiger charge is -2.36. The highest BCUT2D eigenvalue weighted by atomic mass is 16.5. The third kappa shape index (κ3) is 4.80. The third-order valence-electron chi connectivity index (χ3n) is 9.15. The first-order valence-electron chi connectivity index (χ1n) is 14.2. The van der Waals surface area contributed by atoms with Crippen molar-refractivity contribution >= 4 is 17.1 Å². The molecule has 1 aliphatic rings. The average Bonchev–Trinajstić information content (AvgIpc) is 2.93. The van der Waals surface area contributed by atoms with Gasteiger partial charge >= 0.3 is 0 Å². The summed E-state index contributed by atoms with van der Waals surface area (Å²) in [6, 6.07) is 22.9. The fraction of sp³-hybridized carbons (Fsp3) is 0.471. The van der Waals surface area contributed by atoms with Gasteiger partial charge in [0.1, 0.15) is 0 Å². The van der Waals surface area contributed by atoms with Crippen LogP contribution in [0.25, 0.3) is 0 Å². The normalized spacial score (nSPS) is 13.2. The maximum Gasteiger partial charge on any atom is 0.151 e. The molecule has 0 N–H and O–H groups in total. The van der Waals surface area contributed by atoms with Gasteiger partial charge in [0.05, 0.1) is 11.4 Å². The third-order valence-corrected chi connectivity index (χ3v) is 9.15. The van der Waals surface area contributed by atoms with Crippen LogP contribution in [0, 0.1) is 0 Å². The van der Waals surface area contributed by atoms with Crippen molar-refractivity contribution in [3.63, 3.8) is 0 Å². The van der Waals surface area contributed by atoms with Gasteiger partial charge in [-0.2, -0.15) is 0 Å². The molecule has 36 heavy (non-hydrogen) atoms. The van der Waals surface area contributed by atoms with E-state index in [1.165, 1.54) is 35.2 Å². The molecule has 192 valence electrons. The van der Waals surface area contributed by atoms with Gasteiger partial charge in [0.25, 0.3) is 0 Å². The molecule has 0 amide bonds. The van der Waals surface area contributed by atoms with E-state index < -0.39 is 0 Å². The molecule has 2 heteroatoms. The Kier molecular flexibility index (Phi) is 7.83. The van der Waals surface area contributed by atoms with Gasteiger partial charge in [-0.15, -0.1) is 0 Å². The largest absolute Gasteiger partial charge is 0.453 e. The summed E-state index contributed by atoms with van der Waals surface area (Å²) in [4.78, 5) is 2.38. The van der Waals surface area contributed by atoms with Crippen molar-refractivity contribution in [2.75, 3.05) is 4.90 Å². The first kappa shape index (κ1) is 26.3. The van der Waals surface area contributed by atoms with E-state index in [0.29, 0.717) is 0 Å². The summed E-state index contributed by atoms with van der Waals surface area (Å²) < 4.78 is 6.71. The molecule has 0 unspecified atom stereocenters. The van der Waals surface area contributed by atoms with Crippen LogP contribution >= 0.6 is 0 Å². The molecule has 2 nitrogen and oxygen atoms in total. The predicted octanol–water partition coefficient (Wildman–Crippen LogP) is 10.8. The number of benzene rings is 3. The number of anilines is 3. The minimum atomic E-state index is 0.148. The molecular weight excluding hydrogens is 438 g/mol. The summed E-state index contributed by atoms with van der Waals surface area (Å²) in [6.07, 6.45) is 8.02. The maximum absolute atomic E-state index is 6.71. The summed E-state index contributed by atoms with van der Waals surface area (Å²) in [5.41, 5.74) is 7.82. The number of unbranched alkanes of at least 4 members (excludes halogenated alkanes) is 1. The summed E-state index contributed by atoms with van der Waals surface area (Å²) in [5.74, 6) is 1.91. The van der Waals surface area contributed by atoms with Gasteiger partial charge in [0.15, 0.2) is 11.5 Å². The molecule has 0 spiro atoms. The number of rotatable bonds is 10. The van der Waals surface area contributed by atoms with Gasteiger partial charge in [-0.05, 0) is 102 Å². The fourth-order valence-corrected chi connectivity index (χ4v) is 5.35. The second-order valence-corrected chi connectivity index (χ2v) is 11.1. The quantitative estimate of drug-likeness (QED) is 0.222. The van der Waals surface area contributed by atoms with Crippen molar-refractivity contribution in [2.45, 2.75) is 104 Å². The van der Waals surface area contributed by atoms with Crippen molar-refractivity contribution < 1.29 is 4.74 Å². The lowest BCUT2D eigenvalue weighted by atomic mass is 9.77. The highest BCUT2D eigenvalue weighted by Crippen LogP contribution is 2.52. The summed E-state index contributed by atoms with van der Waals surface area (Å²) >= 11 is 0. The Morgan fingerprint density at radius 2 is 1.11 bits per heavy atom. The van der Waals surface area contributed by atoms with Crippen LogP contribution in [0.15, 0.2) is 60.7 Å². The predicted molar refractivity (Wildman–Crippen MR) is 156 cm³/mol. The molecule has 3 aromatic carbocycles. The van der Waals surface area contributed by atoms with E-state index >= 15 is 0 Å². The molecule has 0 atom stereocenters. The van der Waals surface area contributed by atoms with Crippen LogP contribution < -0.4 is 9.64 Å².